The lowest BCUT2D eigenvalue weighted by Crippen LogP contribution is -2.73. The van der Waals surface area contributed by atoms with Crippen LogP contribution >= 0.6 is 11.8 Å². The number of nitrogens with zero attached hydrogens (tertiary/aromatic N) is 3. The second-order valence-corrected chi connectivity index (χ2v) is 8.12. The molecular formula is C18H18N4O5S. The predicted molar refractivity (Wildman–Crippen MR) is 103 cm³/mol. The van der Waals surface area contributed by atoms with Crippen molar-refractivity contribution in [3.05, 3.63) is 46.5 Å². The van der Waals surface area contributed by atoms with Gasteiger partial charge in [-0.25, -0.2) is 4.79 Å². The number of carbonyl (C=O) groups excluding carboxylic acids is 3. The average Bonchev–Trinajstić information content (AvgIpc) is 2.69. The number of rotatable bonds is 3. The maximum atomic E-state index is 13.4. The van der Waals surface area contributed by atoms with Gasteiger partial charge in [0, 0.05) is 48.8 Å². The summed E-state index contributed by atoms with van der Waals surface area (Å²) in [6, 6.07) is 3.34. The lowest BCUT2D eigenvalue weighted by Gasteiger charge is -2.53. The number of hydrogen-bond acceptors (Lipinski definition) is 7. The molecule has 4 amide bonds. The van der Waals surface area contributed by atoms with E-state index >= 15 is 0 Å². The van der Waals surface area contributed by atoms with Gasteiger partial charge in [0.05, 0.1) is 11.0 Å². The van der Waals surface area contributed by atoms with Gasteiger partial charge in [-0.3, -0.25) is 29.9 Å². The number of nitrogens with one attached hydrogen (secondary N) is 1. The Kier molecular flexibility index (Phi) is 4.37. The van der Waals surface area contributed by atoms with E-state index in [1.165, 1.54) is 18.2 Å². The topological polar surface area (TPSA) is 113 Å². The number of fused-ring (bicyclic) bond motifs is 4. The van der Waals surface area contributed by atoms with E-state index in [9.17, 15) is 24.5 Å². The molecule has 9 nitrogen and oxygen atoms in total. The van der Waals surface area contributed by atoms with E-state index in [4.69, 9.17) is 0 Å². The number of nitro groups is 1. The lowest BCUT2D eigenvalue weighted by molar-refractivity contribution is -0.384. The molecule has 2 atom stereocenters. The van der Waals surface area contributed by atoms with Crippen molar-refractivity contribution in [2.75, 3.05) is 29.5 Å². The molecule has 1 aromatic carbocycles. The summed E-state index contributed by atoms with van der Waals surface area (Å²) < 4.78 is 0. The van der Waals surface area contributed by atoms with E-state index in [-0.39, 0.29) is 18.7 Å². The highest BCUT2D eigenvalue weighted by atomic mass is 32.2. The third kappa shape index (κ3) is 2.51. The minimum Gasteiger partial charge on any atom is -0.365 e. The maximum Gasteiger partial charge on any atom is 0.331 e. The van der Waals surface area contributed by atoms with Gasteiger partial charge in [-0.15, -0.1) is 6.58 Å². The summed E-state index contributed by atoms with van der Waals surface area (Å²) in [7, 11) is 0. The highest BCUT2D eigenvalue weighted by Gasteiger charge is 2.62. The molecule has 0 aliphatic carbocycles. The second-order valence-electron chi connectivity index (χ2n) is 6.97. The molecular weight excluding hydrogens is 384 g/mol. The largest absolute Gasteiger partial charge is 0.365 e. The molecule has 146 valence electrons. The molecule has 1 aromatic rings. The molecule has 0 unspecified atom stereocenters. The Balaban J connectivity index is 1.88. The van der Waals surface area contributed by atoms with E-state index < -0.39 is 34.2 Å². The first-order valence-corrected chi connectivity index (χ1v) is 9.95. The number of nitro benzene ring substituents is 1. The van der Waals surface area contributed by atoms with Gasteiger partial charge in [-0.05, 0) is 11.6 Å². The first-order chi connectivity index (χ1) is 13.4. The minimum atomic E-state index is -1.51. The average molecular weight is 402 g/mol. The zero-order chi connectivity index (χ0) is 20.1. The number of non-ortho nitro benzene ring substituents is 1. The Bertz CT molecular complexity index is 919. The number of urea groups is 1. The van der Waals surface area contributed by atoms with Crippen LogP contribution in [0.3, 0.4) is 0 Å². The van der Waals surface area contributed by atoms with Crippen molar-refractivity contribution >= 4 is 41.0 Å². The molecule has 3 heterocycles. The highest BCUT2D eigenvalue weighted by Crippen LogP contribution is 2.47. The summed E-state index contributed by atoms with van der Waals surface area (Å²) in [6.45, 7) is 4.17. The fourth-order valence-electron chi connectivity index (χ4n) is 4.28. The fraction of sp³-hybridized carbons (Fsp3) is 0.389. The molecule has 0 saturated carbocycles. The van der Waals surface area contributed by atoms with E-state index in [2.05, 4.69) is 11.9 Å². The summed E-state index contributed by atoms with van der Waals surface area (Å²) in [5, 5.41) is 13.5. The van der Waals surface area contributed by atoms with Crippen molar-refractivity contribution in [1.82, 2.24) is 10.2 Å². The number of barbiturate groups is 1. The molecule has 0 aromatic heterocycles. The Labute approximate surface area is 164 Å². The summed E-state index contributed by atoms with van der Waals surface area (Å²) in [6.07, 6.45) is 1.44. The lowest BCUT2D eigenvalue weighted by atomic mass is 9.69. The first-order valence-electron chi connectivity index (χ1n) is 8.80. The number of hydrogen-bond donors (Lipinski definition) is 1. The van der Waals surface area contributed by atoms with Crippen LogP contribution in [-0.4, -0.2) is 58.3 Å². The number of carbonyl (C=O) groups is 3. The van der Waals surface area contributed by atoms with Gasteiger partial charge in [-0.1, -0.05) is 6.08 Å². The summed E-state index contributed by atoms with van der Waals surface area (Å²) in [4.78, 5) is 52.4. The normalized spacial score (nSPS) is 26.6. The molecule has 4 rings (SSSR count). The van der Waals surface area contributed by atoms with Crippen LogP contribution in [0, 0.1) is 15.5 Å². The second kappa shape index (κ2) is 6.62. The van der Waals surface area contributed by atoms with Crippen molar-refractivity contribution in [2.45, 2.75) is 12.5 Å². The quantitative estimate of drug-likeness (QED) is 0.351. The van der Waals surface area contributed by atoms with Crippen LogP contribution in [0.25, 0.3) is 0 Å². The molecule has 2 saturated heterocycles. The Morgan fingerprint density at radius 1 is 1.39 bits per heavy atom. The van der Waals surface area contributed by atoms with E-state index in [1.807, 2.05) is 4.90 Å². The van der Waals surface area contributed by atoms with Crippen LogP contribution < -0.4 is 10.2 Å². The molecule has 1 spiro atoms. The van der Waals surface area contributed by atoms with Crippen LogP contribution in [0.2, 0.25) is 0 Å². The van der Waals surface area contributed by atoms with Gasteiger partial charge in [0.15, 0.2) is 5.41 Å². The Hall–Kier alpha value is -2.88. The SMILES string of the molecule is C=CCN1C(=O)NC(=O)[C@]2(Cc3cc([N+](=O)[O-])ccc3N3CCSC[C@H]32)C1=O. The van der Waals surface area contributed by atoms with Crippen molar-refractivity contribution in [2.24, 2.45) is 5.41 Å². The van der Waals surface area contributed by atoms with Crippen molar-refractivity contribution < 1.29 is 19.3 Å². The summed E-state index contributed by atoms with van der Waals surface area (Å²) in [5.41, 5.74) is -0.239. The highest BCUT2D eigenvalue weighted by molar-refractivity contribution is 7.99. The summed E-state index contributed by atoms with van der Waals surface area (Å²) >= 11 is 1.64. The smallest absolute Gasteiger partial charge is 0.331 e. The van der Waals surface area contributed by atoms with Crippen LogP contribution in [0.15, 0.2) is 30.9 Å². The Morgan fingerprint density at radius 3 is 2.89 bits per heavy atom. The molecule has 10 heteroatoms. The zero-order valence-electron chi connectivity index (χ0n) is 14.9. The molecule has 2 fully saturated rings. The summed E-state index contributed by atoms with van der Waals surface area (Å²) in [5.74, 6) is 0.146. The van der Waals surface area contributed by atoms with E-state index in [0.717, 1.165) is 16.3 Å². The minimum absolute atomic E-state index is 0.0112. The van der Waals surface area contributed by atoms with Gasteiger partial charge in [-0.2, -0.15) is 11.8 Å². The Morgan fingerprint density at radius 2 is 2.18 bits per heavy atom. The van der Waals surface area contributed by atoms with Crippen molar-refractivity contribution in [1.29, 1.82) is 0 Å². The van der Waals surface area contributed by atoms with Gasteiger partial charge < -0.3 is 4.90 Å². The maximum absolute atomic E-state index is 13.4. The molecule has 3 aliphatic rings. The van der Waals surface area contributed by atoms with Crippen LogP contribution in [-0.2, 0) is 16.0 Å². The van der Waals surface area contributed by atoms with Crippen LogP contribution in [0.1, 0.15) is 5.56 Å². The van der Waals surface area contributed by atoms with Crippen molar-refractivity contribution in [3.8, 4) is 0 Å². The van der Waals surface area contributed by atoms with Gasteiger partial charge in [0.1, 0.15) is 0 Å². The van der Waals surface area contributed by atoms with Gasteiger partial charge >= 0.3 is 6.03 Å². The van der Waals surface area contributed by atoms with Gasteiger partial charge in [0.25, 0.3) is 5.69 Å². The molecule has 0 radical (unpaired) electrons. The van der Waals surface area contributed by atoms with Crippen molar-refractivity contribution in [3.63, 3.8) is 0 Å². The number of benzene rings is 1. The first kappa shape index (κ1) is 18.5. The van der Waals surface area contributed by atoms with E-state index in [1.54, 1.807) is 17.8 Å². The fourth-order valence-corrected chi connectivity index (χ4v) is 5.46. The molecule has 28 heavy (non-hydrogen) atoms. The number of thioether (sulfide) groups is 1. The predicted octanol–water partition coefficient (Wildman–Crippen LogP) is 1.32. The van der Waals surface area contributed by atoms with Gasteiger partial charge in [0.2, 0.25) is 11.8 Å². The number of anilines is 1. The third-order valence-electron chi connectivity index (χ3n) is 5.56. The number of amides is 4. The zero-order valence-corrected chi connectivity index (χ0v) is 15.7. The molecule has 3 aliphatic heterocycles. The van der Waals surface area contributed by atoms with Crippen LogP contribution in [0.4, 0.5) is 16.2 Å². The standard InChI is InChI=1S/C18H18N4O5S/c1-2-5-21-16(24)18(15(23)19-17(21)25)9-11-8-12(22(26)27)3-4-13(11)20-6-7-28-10-14(18)20/h2-4,8,14H,1,5-7,9-10H2,(H,19,23,25)/t14-,18+/m0/s1. The monoisotopic (exact) mass is 402 g/mol. The number of imide groups is 2. The van der Waals surface area contributed by atoms with Crippen LogP contribution in [0.5, 0.6) is 0 Å². The molecule has 1 N–H and O–H groups in total. The van der Waals surface area contributed by atoms with E-state index in [0.29, 0.717) is 17.9 Å². The molecule has 0 bridgehead atoms. The third-order valence-corrected chi connectivity index (χ3v) is 6.58.